The third kappa shape index (κ3) is 5.18. The monoisotopic (exact) mass is 452 g/mol. The third-order valence-corrected chi connectivity index (χ3v) is 6.05. The maximum absolute atomic E-state index is 12.9. The van der Waals surface area contributed by atoms with Gasteiger partial charge in [-0.3, -0.25) is 9.59 Å². The van der Waals surface area contributed by atoms with Gasteiger partial charge in [-0.15, -0.1) is 11.3 Å². The van der Waals surface area contributed by atoms with E-state index < -0.39 is 0 Å². The molecule has 4 aromatic rings. The van der Waals surface area contributed by atoms with Crippen molar-refractivity contribution in [3.63, 3.8) is 0 Å². The summed E-state index contributed by atoms with van der Waals surface area (Å²) in [5.74, 6) is 0.414. The van der Waals surface area contributed by atoms with E-state index in [0.29, 0.717) is 34.7 Å². The molecule has 4 rings (SSSR count). The van der Waals surface area contributed by atoms with Gasteiger partial charge < -0.3 is 9.88 Å². The molecular weight excluding hydrogens is 432 g/mol. The lowest BCUT2D eigenvalue weighted by Crippen LogP contribution is -2.33. The summed E-state index contributed by atoms with van der Waals surface area (Å²) in [6, 6.07) is 14.9. The topological polar surface area (TPSA) is 79.0 Å². The quantitative estimate of drug-likeness (QED) is 0.455. The fourth-order valence-corrected chi connectivity index (χ4v) is 4.41. The van der Waals surface area contributed by atoms with Crippen LogP contribution in [0.5, 0.6) is 0 Å². The number of nitrogens with zero attached hydrogens (tertiary/aromatic N) is 3. The molecule has 0 radical (unpaired) electrons. The lowest BCUT2D eigenvalue weighted by Gasteiger charge is -2.20. The van der Waals surface area contributed by atoms with Gasteiger partial charge in [-0.1, -0.05) is 35.9 Å². The summed E-state index contributed by atoms with van der Waals surface area (Å²) in [5, 5.41) is 4.09. The molecule has 0 atom stereocenters. The van der Waals surface area contributed by atoms with Crippen LogP contribution < -0.4 is 5.56 Å². The van der Waals surface area contributed by atoms with Crippen molar-refractivity contribution in [1.82, 2.24) is 19.9 Å². The summed E-state index contributed by atoms with van der Waals surface area (Å²) in [4.78, 5) is 38.7. The number of carbonyl (C=O) groups is 1. The number of carbonyl (C=O) groups excluding carboxylic acids is 1. The standard InChI is InChI=1S/C23H21ClN4O2S/c1-2-28(13-20-26-19-9-4-3-8-18(19)23(30)27-20)22(29)12-17-14-31-21(25-17)11-15-6-5-7-16(24)10-15/h3-10,14H,2,11-13H2,1H3,(H,26,27,30). The summed E-state index contributed by atoms with van der Waals surface area (Å²) in [7, 11) is 0. The number of benzene rings is 2. The van der Waals surface area contributed by atoms with Crippen molar-refractivity contribution in [3.8, 4) is 0 Å². The van der Waals surface area contributed by atoms with Crippen LogP contribution in [0.15, 0.2) is 58.7 Å². The largest absolute Gasteiger partial charge is 0.335 e. The Balaban J connectivity index is 1.44. The first-order valence-corrected chi connectivity index (χ1v) is 11.2. The van der Waals surface area contributed by atoms with Gasteiger partial charge >= 0.3 is 0 Å². The molecule has 31 heavy (non-hydrogen) atoms. The van der Waals surface area contributed by atoms with E-state index in [4.69, 9.17) is 11.6 Å². The summed E-state index contributed by atoms with van der Waals surface area (Å²) in [6.45, 7) is 2.66. The zero-order valence-corrected chi connectivity index (χ0v) is 18.5. The number of thiazole rings is 1. The Hall–Kier alpha value is -3.03. The molecular formula is C23H21ClN4O2S. The van der Waals surface area contributed by atoms with Gasteiger partial charge in [-0.25, -0.2) is 9.97 Å². The molecule has 8 heteroatoms. The Kier molecular flexibility index (Phi) is 6.44. The minimum Gasteiger partial charge on any atom is -0.335 e. The highest BCUT2D eigenvalue weighted by atomic mass is 35.5. The molecule has 6 nitrogen and oxygen atoms in total. The first kappa shape index (κ1) is 21.2. The first-order chi connectivity index (χ1) is 15.0. The summed E-state index contributed by atoms with van der Waals surface area (Å²) < 4.78 is 0. The molecule has 0 aliphatic carbocycles. The molecule has 158 valence electrons. The zero-order valence-electron chi connectivity index (χ0n) is 17.0. The van der Waals surface area contributed by atoms with Crippen LogP contribution in [-0.4, -0.2) is 32.3 Å². The van der Waals surface area contributed by atoms with Gasteiger partial charge in [0.15, 0.2) is 0 Å². The highest BCUT2D eigenvalue weighted by Crippen LogP contribution is 2.18. The number of para-hydroxylation sites is 1. The average Bonchev–Trinajstić information content (AvgIpc) is 3.18. The fourth-order valence-electron chi connectivity index (χ4n) is 3.37. The smallest absolute Gasteiger partial charge is 0.258 e. The number of likely N-dealkylation sites (N-methyl/N-ethyl adjacent to an activating group) is 1. The van der Waals surface area contributed by atoms with E-state index in [0.717, 1.165) is 16.3 Å². The molecule has 0 saturated heterocycles. The lowest BCUT2D eigenvalue weighted by atomic mass is 10.2. The summed E-state index contributed by atoms with van der Waals surface area (Å²) in [5.41, 5.74) is 2.25. The third-order valence-electron chi connectivity index (χ3n) is 4.91. The molecule has 0 unspecified atom stereocenters. The Bertz CT molecular complexity index is 1280. The second kappa shape index (κ2) is 9.41. The van der Waals surface area contributed by atoms with E-state index in [1.165, 1.54) is 11.3 Å². The number of halogens is 1. The fraction of sp³-hybridized carbons (Fsp3) is 0.217. The Morgan fingerprint density at radius 1 is 1.16 bits per heavy atom. The SMILES string of the molecule is CCN(Cc1nc2ccccc2c(=O)[nH]1)C(=O)Cc1csc(Cc2cccc(Cl)c2)n1. The second-order valence-electron chi connectivity index (χ2n) is 7.15. The van der Waals surface area contributed by atoms with Gasteiger partial charge in [0, 0.05) is 23.4 Å². The van der Waals surface area contributed by atoms with Crippen LogP contribution in [0.2, 0.25) is 5.02 Å². The number of amides is 1. The molecule has 1 amide bonds. The number of hydrogen-bond donors (Lipinski definition) is 1. The van der Waals surface area contributed by atoms with E-state index in [-0.39, 0.29) is 24.4 Å². The second-order valence-corrected chi connectivity index (χ2v) is 8.53. The predicted octanol–water partition coefficient (Wildman–Crippen LogP) is 4.22. The number of aromatic amines is 1. The van der Waals surface area contributed by atoms with Crippen LogP contribution in [-0.2, 0) is 24.2 Å². The van der Waals surface area contributed by atoms with Crippen LogP contribution in [0.25, 0.3) is 10.9 Å². The summed E-state index contributed by atoms with van der Waals surface area (Å²) in [6.07, 6.45) is 0.886. The molecule has 0 bridgehead atoms. The van der Waals surface area contributed by atoms with Crippen LogP contribution in [0.1, 0.15) is 29.0 Å². The Morgan fingerprint density at radius 3 is 2.81 bits per heavy atom. The van der Waals surface area contributed by atoms with Crippen molar-refractivity contribution in [2.45, 2.75) is 26.3 Å². The average molecular weight is 453 g/mol. The minimum atomic E-state index is -0.200. The van der Waals surface area contributed by atoms with Gasteiger partial charge in [0.1, 0.15) is 5.82 Å². The highest BCUT2D eigenvalue weighted by molar-refractivity contribution is 7.09. The van der Waals surface area contributed by atoms with Gasteiger partial charge in [0.2, 0.25) is 5.91 Å². The zero-order chi connectivity index (χ0) is 21.8. The van der Waals surface area contributed by atoms with Gasteiger partial charge in [-0.05, 0) is 36.8 Å². The number of hydrogen-bond acceptors (Lipinski definition) is 5. The van der Waals surface area contributed by atoms with Gasteiger partial charge in [0.25, 0.3) is 5.56 Å². The lowest BCUT2D eigenvalue weighted by molar-refractivity contribution is -0.131. The van der Waals surface area contributed by atoms with Crippen LogP contribution in [0.3, 0.4) is 0 Å². The molecule has 1 N–H and O–H groups in total. The van der Waals surface area contributed by atoms with E-state index in [1.807, 2.05) is 42.6 Å². The van der Waals surface area contributed by atoms with Crippen molar-refractivity contribution in [3.05, 3.63) is 91.4 Å². The minimum absolute atomic E-state index is 0.0575. The van der Waals surface area contributed by atoms with E-state index in [9.17, 15) is 9.59 Å². The van der Waals surface area contributed by atoms with E-state index in [1.54, 1.807) is 23.1 Å². The van der Waals surface area contributed by atoms with Crippen LogP contribution in [0, 0.1) is 0 Å². The molecule has 2 aromatic carbocycles. The predicted molar refractivity (Wildman–Crippen MR) is 124 cm³/mol. The number of rotatable bonds is 7. The van der Waals surface area contributed by atoms with Crippen molar-refractivity contribution in [1.29, 1.82) is 0 Å². The Morgan fingerprint density at radius 2 is 2.00 bits per heavy atom. The molecule has 0 fully saturated rings. The number of H-pyrrole nitrogens is 1. The number of nitrogens with one attached hydrogen (secondary N) is 1. The van der Waals surface area contributed by atoms with Crippen molar-refractivity contribution < 1.29 is 4.79 Å². The van der Waals surface area contributed by atoms with Crippen LogP contribution >= 0.6 is 22.9 Å². The van der Waals surface area contributed by atoms with Gasteiger partial charge in [-0.2, -0.15) is 0 Å². The summed E-state index contributed by atoms with van der Waals surface area (Å²) >= 11 is 7.58. The molecule has 0 saturated carbocycles. The number of fused-ring (bicyclic) bond motifs is 1. The normalized spacial score (nSPS) is 11.0. The highest BCUT2D eigenvalue weighted by Gasteiger charge is 2.16. The maximum Gasteiger partial charge on any atom is 0.258 e. The van der Waals surface area contributed by atoms with Crippen molar-refractivity contribution >= 4 is 39.7 Å². The maximum atomic E-state index is 12.9. The van der Waals surface area contributed by atoms with Gasteiger partial charge in [0.05, 0.1) is 34.6 Å². The van der Waals surface area contributed by atoms with E-state index >= 15 is 0 Å². The molecule has 2 heterocycles. The first-order valence-electron chi connectivity index (χ1n) is 9.95. The van der Waals surface area contributed by atoms with Crippen molar-refractivity contribution in [2.24, 2.45) is 0 Å². The number of aromatic nitrogens is 3. The van der Waals surface area contributed by atoms with Crippen molar-refractivity contribution in [2.75, 3.05) is 6.54 Å². The molecule has 2 aromatic heterocycles. The van der Waals surface area contributed by atoms with Crippen LogP contribution in [0.4, 0.5) is 0 Å². The molecule has 0 aliphatic rings. The Labute approximate surface area is 188 Å². The van der Waals surface area contributed by atoms with E-state index in [2.05, 4.69) is 15.0 Å². The molecule has 0 aliphatic heterocycles. The molecule has 0 spiro atoms.